The van der Waals surface area contributed by atoms with E-state index >= 15 is 0 Å². The maximum absolute atomic E-state index is 9.44. The Kier molecular flexibility index (Phi) is 4.51. The van der Waals surface area contributed by atoms with Crippen molar-refractivity contribution >= 4 is 0 Å². The second kappa shape index (κ2) is 6.15. The topological polar surface area (TPSA) is 54.3 Å². The van der Waals surface area contributed by atoms with Crippen LogP contribution in [-0.4, -0.2) is 26.3 Å². The van der Waals surface area contributed by atoms with Gasteiger partial charge in [0.2, 0.25) is 0 Å². The van der Waals surface area contributed by atoms with Crippen molar-refractivity contribution < 1.29 is 9.47 Å². The van der Waals surface area contributed by atoms with Crippen LogP contribution in [0.1, 0.15) is 25.3 Å². The Labute approximate surface area is 120 Å². The third-order valence-electron chi connectivity index (χ3n) is 3.73. The molecule has 4 nitrogen and oxygen atoms in total. The summed E-state index contributed by atoms with van der Waals surface area (Å²) in [6.07, 6.45) is 3.21. The SMILES string of the molecule is COc1ccc(CC(C)(C#N)NCC2CC2)cc1OC. The number of rotatable bonds is 7. The highest BCUT2D eigenvalue weighted by molar-refractivity contribution is 5.43. The van der Waals surface area contributed by atoms with Crippen LogP contribution < -0.4 is 14.8 Å². The monoisotopic (exact) mass is 274 g/mol. The molecule has 1 aromatic carbocycles. The summed E-state index contributed by atoms with van der Waals surface area (Å²) in [5.74, 6) is 2.17. The van der Waals surface area contributed by atoms with Crippen LogP contribution in [0.25, 0.3) is 0 Å². The van der Waals surface area contributed by atoms with Crippen LogP contribution in [0.5, 0.6) is 11.5 Å². The average Bonchev–Trinajstić information content (AvgIpc) is 3.29. The zero-order valence-corrected chi connectivity index (χ0v) is 12.4. The van der Waals surface area contributed by atoms with E-state index in [4.69, 9.17) is 9.47 Å². The molecule has 1 aliphatic carbocycles. The molecule has 0 bridgehead atoms. The molecule has 0 radical (unpaired) electrons. The molecule has 0 saturated heterocycles. The van der Waals surface area contributed by atoms with Crippen molar-refractivity contribution in [1.82, 2.24) is 5.32 Å². The molecule has 4 heteroatoms. The van der Waals surface area contributed by atoms with Gasteiger partial charge in [-0.05, 0) is 49.9 Å². The molecule has 20 heavy (non-hydrogen) atoms. The van der Waals surface area contributed by atoms with Gasteiger partial charge in [0.1, 0.15) is 5.54 Å². The van der Waals surface area contributed by atoms with Gasteiger partial charge in [0.15, 0.2) is 11.5 Å². The fourth-order valence-electron chi connectivity index (χ4n) is 2.23. The van der Waals surface area contributed by atoms with Gasteiger partial charge in [-0.2, -0.15) is 5.26 Å². The van der Waals surface area contributed by atoms with Crippen LogP contribution in [0.15, 0.2) is 18.2 Å². The molecule has 0 heterocycles. The van der Waals surface area contributed by atoms with E-state index in [2.05, 4.69) is 11.4 Å². The molecule has 2 rings (SSSR count). The minimum absolute atomic E-state index is 0.539. The fraction of sp³-hybridized carbons (Fsp3) is 0.562. The summed E-state index contributed by atoms with van der Waals surface area (Å²) in [6.45, 7) is 2.88. The predicted molar refractivity (Wildman–Crippen MR) is 78.0 cm³/mol. The van der Waals surface area contributed by atoms with Gasteiger partial charge in [0.05, 0.1) is 20.3 Å². The highest BCUT2D eigenvalue weighted by Crippen LogP contribution is 2.30. The number of nitrogens with one attached hydrogen (secondary N) is 1. The number of methoxy groups -OCH3 is 2. The maximum atomic E-state index is 9.44. The van der Waals surface area contributed by atoms with Gasteiger partial charge >= 0.3 is 0 Å². The summed E-state index contributed by atoms with van der Waals surface area (Å²) in [6, 6.07) is 8.19. The molecule has 1 unspecified atom stereocenters. The van der Waals surface area contributed by atoms with Crippen LogP contribution in [0.4, 0.5) is 0 Å². The van der Waals surface area contributed by atoms with E-state index in [9.17, 15) is 5.26 Å². The van der Waals surface area contributed by atoms with Gasteiger partial charge in [0.25, 0.3) is 0 Å². The van der Waals surface area contributed by atoms with Gasteiger partial charge < -0.3 is 9.47 Å². The highest BCUT2D eigenvalue weighted by atomic mass is 16.5. The van der Waals surface area contributed by atoms with E-state index in [1.54, 1.807) is 14.2 Å². The van der Waals surface area contributed by atoms with Crippen LogP contribution in [0, 0.1) is 17.2 Å². The van der Waals surface area contributed by atoms with Gasteiger partial charge in [-0.1, -0.05) is 6.07 Å². The van der Waals surface area contributed by atoms with E-state index in [0.717, 1.165) is 18.0 Å². The summed E-state index contributed by atoms with van der Waals surface area (Å²) >= 11 is 0. The van der Waals surface area contributed by atoms with Crippen molar-refractivity contribution in [3.05, 3.63) is 23.8 Å². The fourth-order valence-corrected chi connectivity index (χ4v) is 2.23. The van der Waals surface area contributed by atoms with E-state index < -0.39 is 5.54 Å². The van der Waals surface area contributed by atoms with E-state index in [1.165, 1.54) is 12.8 Å². The predicted octanol–water partition coefficient (Wildman–Crippen LogP) is 2.53. The summed E-state index contributed by atoms with van der Waals surface area (Å²) in [7, 11) is 3.24. The average molecular weight is 274 g/mol. The molecule has 1 fully saturated rings. The summed E-state index contributed by atoms with van der Waals surface area (Å²) in [5, 5.41) is 12.8. The van der Waals surface area contributed by atoms with Crippen molar-refractivity contribution in [2.75, 3.05) is 20.8 Å². The van der Waals surface area contributed by atoms with E-state index in [1.807, 2.05) is 25.1 Å². The quantitative estimate of drug-likeness (QED) is 0.830. The molecule has 0 spiro atoms. The number of nitrogens with zero attached hydrogens (tertiary/aromatic N) is 1. The molecule has 1 saturated carbocycles. The zero-order chi connectivity index (χ0) is 14.6. The minimum Gasteiger partial charge on any atom is -0.493 e. The van der Waals surface area contributed by atoms with Crippen LogP contribution >= 0.6 is 0 Å². The summed E-state index contributed by atoms with van der Waals surface area (Å²) in [4.78, 5) is 0. The molecule has 1 aliphatic rings. The molecule has 1 aromatic rings. The molecule has 1 atom stereocenters. The summed E-state index contributed by atoms with van der Waals surface area (Å²) < 4.78 is 10.5. The van der Waals surface area contributed by atoms with Crippen molar-refractivity contribution in [2.24, 2.45) is 5.92 Å². The number of hydrogen-bond acceptors (Lipinski definition) is 4. The van der Waals surface area contributed by atoms with Crippen LogP contribution in [0.2, 0.25) is 0 Å². The number of ether oxygens (including phenoxy) is 2. The molecule has 1 N–H and O–H groups in total. The first-order valence-electron chi connectivity index (χ1n) is 6.97. The van der Waals surface area contributed by atoms with Crippen molar-refractivity contribution in [3.63, 3.8) is 0 Å². The lowest BCUT2D eigenvalue weighted by atomic mass is 9.94. The van der Waals surface area contributed by atoms with Crippen LogP contribution in [0.3, 0.4) is 0 Å². The number of hydrogen-bond donors (Lipinski definition) is 1. The Morgan fingerprint density at radius 1 is 1.30 bits per heavy atom. The Bertz CT molecular complexity index is 506. The minimum atomic E-state index is -0.539. The lowest BCUT2D eigenvalue weighted by molar-refractivity contribution is 0.353. The second-order valence-corrected chi connectivity index (χ2v) is 5.63. The molecular formula is C16H22N2O2. The Hall–Kier alpha value is -1.73. The first-order chi connectivity index (χ1) is 9.60. The zero-order valence-electron chi connectivity index (χ0n) is 12.4. The first kappa shape index (κ1) is 14.7. The normalized spacial score (nSPS) is 17.1. The Morgan fingerprint density at radius 3 is 2.55 bits per heavy atom. The van der Waals surface area contributed by atoms with Crippen molar-refractivity contribution in [3.8, 4) is 17.6 Å². The number of benzene rings is 1. The van der Waals surface area contributed by atoms with E-state index in [0.29, 0.717) is 17.9 Å². The number of nitriles is 1. The standard InChI is InChI=1S/C16H22N2O2/c1-16(11-17,18-10-12-4-5-12)9-13-6-7-14(19-2)15(8-13)20-3/h6-8,12,18H,4-5,9-10H2,1-3H3. The highest BCUT2D eigenvalue weighted by Gasteiger charge is 2.28. The van der Waals surface area contributed by atoms with Crippen molar-refractivity contribution in [1.29, 1.82) is 5.26 Å². The third kappa shape index (κ3) is 3.64. The molecule has 0 aromatic heterocycles. The smallest absolute Gasteiger partial charge is 0.160 e. The lowest BCUT2D eigenvalue weighted by Gasteiger charge is -2.24. The van der Waals surface area contributed by atoms with Crippen LogP contribution in [-0.2, 0) is 6.42 Å². The van der Waals surface area contributed by atoms with Gasteiger partial charge in [-0.25, -0.2) is 0 Å². The Morgan fingerprint density at radius 2 is 2.00 bits per heavy atom. The molecular weight excluding hydrogens is 252 g/mol. The largest absolute Gasteiger partial charge is 0.493 e. The second-order valence-electron chi connectivity index (χ2n) is 5.63. The van der Waals surface area contributed by atoms with Crippen molar-refractivity contribution in [2.45, 2.75) is 31.7 Å². The molecule has 0 amide bonds. The van der Waals surface area contributed by atoms with Gasteiger partial charge in [-0.15, -0.1) is 0 Å². The maximum Gasteiger partial charge on any atom is 0.160 e. The van der Waals surface area contributed by atoms with E-state index in [-0.39, 0.29) is 0 Å². The Balaban J connectivity index is 2.07. The molecule has 108 valence electrons. The van der Waals surface area contributed by atoms with Gasteiger partial charge in [-0.3, -0.25) is 5.32 Å². The van der Waals surface area contributed by atoms with Gasteiger partial charge in [0, 0.05) is 6.42 Å². The molecule has 0 aliphatic heterocycles. The first-order valence-corrected chi connectivity index (χ1v) is 6.97. The third-order valence-corrected chi connectivity index (χ3v) is 3.73. The lowest BCUT2D eigenvalue weighted by Crippen LogP contribution is -2.44. The summed E-state index contributed by atoms with van der Waals surface area (Å²) in [5.41, 5.74) is 0.525.